The summed E-state index contributed by atoms with van der Waals surface area (Å²) < 4.78 is 17.0. The van der Waals surface area contributed by atoms with Crippen molar-refractivity contribution in [3.05, 3.63) is 71.0 Å². The van der Waals surface area contributed by atoms with Crippen molar-refractivity contribution in [1.29, 1.82) is 0 Å². The molecule has 0 fully saturated rings. The molecule has 1 atom stereocenters. The van der Waals surface area contributed by atoms with Gasteiger partial charge in [-0.2, -0.15) is 0 Å². The topological polar surface area (TPSA) is 119 Å². The fourth-order valence-corrected chi connectivity index (χ4v) is 5.40. The van der Waals surface area contributed by atoms with Gasteiger partial charge in [0.25, 0.3) is 11.8 Å². The molecule has 2 N–H and O–H groups in total. The largest absolute Gasteiger partial charge is 0.493 e. The molecule has 10 nitrogen and oxygen atoms in total. The average Bonchev–Trinajstić information content (AvgIpc) is 3.46. The summed E-state index contributed by atoms with van der Waals surface area (Å²) in [5, 5.41) is 5.81. The molecule has 0 radical (unpaired) electrons. The van der Waals surface area contributed by atoms with E-state index in [1.807, 2.05) is 38.1 Å². The van der Waals surface area contributed by atoms with Crippen LogP contribution < -0.4 is 24.8 Å². The number of hydrogen-bond donors (Lipinski definition) is 2. The summed E-state index contributed by atoms with van der Waals surface area (Å²) in [4.78, 5) is 46.5. The van der Waals surface area contributed by atoms with Crippen molar-refractivity contribution >= 4 is 17.7 Å². The second kappa shape index (κ2) is 12.5. The van der Waals surface area contributed by atoms with E-state index in [2.05, 4.69) is 15.6 Å². The van der Waals surface area contributed by atoms with Crippen molar-refractivity contribution in [2.45, 2.75) is 39.3 Å². The number of carbonyl (C=O) groups excluding carboxylic acids is 3. The van der Waals surface area contributed by atoms with Gasteiger partial charge in [0.1, 0.15) is 11.8 Å². The zero-order valence-corrected chi connectivity index (χ0v) is 24.4. The molecule has 2 aromatic carbocycles. The summed E-state index contributed by atoms with van der Waals surface area (Å²) in [5.41, 5.74) is 3.95. The number of nitrogens with one attached hydrogen (secondary N) is 2. The molecule has 1 aromatic heterocycles. The summed E-state index contributed by atoms with van der Waals surface area (Å²) in [5.74, 6) is 1.05. The Balaban J connectivity index is 1.58. The molecule has 0 aliphatic carbocycles. The molecule has 4 bridgehead atoms. The van der Waals surface area contributed by atoms with E-state index in [0.29, 0.717) is 46.8 Å². The molecule has 0 saturated carbocycles. The van der Waals surface area contributed by atoms with Crippen LogP contribution in [0.2, 0.25) is 0 Å². The molecular formula is C32H36N4O6. The molecule has 42 heavy (non-hydrogen) atoms. The summed E-state index contributed by atoms with van der Waals surface area (Å²) >= 11 is 0. The maximum atomic E-state index is 13.9. The first-order chi connectivity index (χ1) is 20.3. The predicted molar refractivity (Wildman–Crippen MR) is 157 cm³/mol. The van der Waals surface area contributed by atoms with Crippen molar-refractivity contribution in [2.75, 3.05) is 33.9 Å². The third-order valence-electron chi connectivity index (χ3n) is 7.46. The van der Waals surface area contributed by atoms with Crippen molar-refractivity contribution in [2.24, 2.45) is 5.92 Å². The van der Waals surface area contributed by atoms with Crippen LogP contribution in [0.25, 0.3) is 11.1 Å². The highest BCUT2D eigenvalue weighted by Crippen LogP contribution is 2.40. The standard InChI is InChI=1S/C32H36N4O6/c1-19(2)11-26-31(38)34-8-9-36(32(39)22-5-6-27-21(14-22)7-10-42-27)18-20-12-25(29(41-4)28(13-20)40-3)23-15-24(17-33-16-23)30(37)35-26/h5-6,12-17,19,26H,7-11,18H2,1-4H3,(H,34,38)(H,35,37)/t26-/m1/s1. The maximum absolute atomic E-state index is 13.9. The van der Waals surface area contributed by atoms with Crippen LogP contribution in [0, 0.1) is 5.92 Å². The average molecular weight is 573 g/mol. The normalized spacial score (nSPS) is 16.9. The molecule has 3 amide bonds. The first-order valence-corrected chi connectivity index (χ1v) is 14.1. The number of nitrogens with zero attached hydrogens (tertiary/aromatic N) is 2. The minimum absolute atomic E-state index is 0.160. The van der Waals surface area contributed by atoms with Crippen LogP contribution in [0.5, 0.6) is 17.2 Å². The third kappa shape index (κ3) is 6.17. The Kier molecular flexibility index (Phi) is 8.61. The van der Waals surface area contributed by atoms with Crippen LogP contribution in [0.3, 0.4) is 0 Å². The van der Waals surface area contributed by atoms with Crippen LogP contribution in [-0.4, -0.2) is 67.6 Å². The van der Waals surface area contributed by atoms with Gasteiger partial charge in [-0.1, -0.05) is 13.8 Å². The van der Waals surface area contributed by atoms with Crippen molar-refractivity contribution < 1.29 is 28.6 Å². The van der Waals surface area contributed by atoms with Gasteiger partial charge in [0.15, 0.2) is 11.5 Å². The molecule has 0 saturated heterocycles. The Morgan fingerprint density at radius 2 is 1.90 bits per heavy atom. The molecule has 5 rings (SSSR count). The van der Waals surface area contributed by atoms with Crippen LogP contribution >= 0.6 is 0 Å². The van der Waals surface area contributed by atoms with E-state index in [9.17, 15) is 14.4 Å². The number of ether oxygens (including phenoxy) is 3. The minimum atomic E-state index is -0.747. The van der Waals surface area contributed by atoms with Gasteiger partial charge in [0, 0.05) is 55.1 Å². The highest BCUT2D eigenvalue weighted by atomic mass is 16.5. The van der Waals surface area contributed by atoms with Gasteiger partial charge in [0.05, 0.1) is 26.4 Å². The van der Waals surface area contributed by atoms with Gasteiger partial charge in [-0.3, -0.25) is 19.4 Å². The highest BCUT2D eigenvalue weighted by Gasteiger charge is 2.26. The maximum Gasteiger partial charge on any atom is 0.254 e. The van der Waals surface area contributed by atoms with E-state index in [4.69, 9.17) is 14.2 Å². The molecule has 2 aliphatic rings. The lowest BCUT2D eigenvalue weighted by atomic mass is 10.00. The Morgan fingerprint density at radius 1 is 1.10 bits per heavy atom. The second-order valence-electron chi connectivity index (χ2n) is 10.9. The monoisotopic (exact) mass is 572 g/mol. The van der Waals surface area contributed by atoms with Crippen molar-refractivity contribution in [3.63, 3.8) is 0 Å². The Morgan fingerprint density at radius 3 is 2.67 bits per heavy atom. The molecule has 10 heteroatoms. The van der Waals surface area contributed by atoms with Crippen molar-refractivity contribution in [1.82, 2.24) is 20.5 Å². The van der Waals surface area contributed by atoms with E-state index in [1.54, 1.807) is 37.4 Å². The lowest BCUT2D eigenvalue weighted by molar-refractivity contribution is -0.123. The van der Waals surface area contributed by atoms with Gasteiger partial charge in [-0.05, 0) is 59.9 Å². The number of carbonyl (C=O) groups is 3. The molecule has 0 spiro atoms. The molecule has 220 valence electrons. The molecule has 3 aromatic rings. The quantitative estimate of drug-likeness (QED) is 0.479. The fraction of sp³-hybridized carbons (Fsp3) is 0.375. The van der Waals surface area contributed by atoms with E-state index in [0.717, 1.165) is 23.3 Å². The van der Waals surface area contributed by atoms with Gasteiger partial charge in [-0.15, -0.1) is 0 Å². The SMILES string of the molecule is COc1cc2cc(c1OC)-c1cncc(c1)C(=O)N[C@H](CC(C)C)C(=O)NCCN(C(=O)c1ccc3c(c1)CCO3)C2. The smallest absolute Gasteiger partial charge is 0.254 e. The number of amides is 3. The van der Waals surface area contributed by atoms with Gasteiger partial charge >= 0.3 is 0 Å². The fourth-order valence-electron chi connectivity index (χ4n) is 5.40. The first-order valence-electron chi connectivity index (χ1n) is 14.1. The predicted octanol–water partition coefficient (Wildman–Crippen LogP) is 3.62. The van der Waals surface area contributed by atoms with Gasteiger partial charge < -0.3 is 29.7 Å². The number of aromatic nitrogens is 1. The van der Waals surface area contributed by atoms with Crippen LogP contribution in [0.15, 0.2) is 48.8 Å². The second-order valence-corrected chi connectivity index (χ2v) is 10.9. The van der Waals surface area contributed by atoms with E-state index >= 15 is 0 Å². The highest BCUT2D eigenvalue weighted by molar-refractivity contribution is 5.98. The molecule has 0 unspecified atom stereocenters. The number of hydrogen-bond acceptors (Lipinski definition) is 7. The Hall–Kier alpha value is -4.60. The summed E-state index contributed by atoms with van der Waals surface area (Å²) in [6.07, 6.45) is 4.32. The number of benzene rings is 2. The Bertz CT molecular complexity index is 1500. The van der Waals surface area contributed by atoms with Crippen molar-refractivity contribution in [3.8, 4) is 28.4 Å². The Labute approximate surface area is 245 Å². The third-order valence-corrected chi connectivity index (χ3v) is 7.46. The lowest BCUT2D eigenvalue weighted by Gasteiger charge is -2.25. The molecule has 3 heterocycles. The van der Waals surface area contributed by atoms with E-state index in [1.165, 1.54) is 6.20 Å². The summed E-state index contributed by atoms with van der Waals surface area (Å²) in [7, 11) is 3.10. The zero-order valence-electron chi connectivity index (χ0n) is 24.4. The number of rotatable bonds is 5. The zero-order chi connectivity index (χ0) is 29.8. The van der Waals surface area contributed by atoms with Crippen LogP contribution in [0.4, 0.5) is 0 Å². The molecular weight excluding hydrogens is 536 g/mol. The van der Waals surface area contributed by atoms with Crippen LogP contribution in [-0.2, 0) is 17.8 Å². The van der Waals surface area contributed by atoms with E-state index in [-0.39, 0.29) is 37.4 Å². The minimum Gasteiger partial charge on any atom is -0.493 e. The summed E-state index contributed by atoms with van der Waals surface area (Å²) in [6, 6.07) is 10.2. The number of methoxy groups -OCH3 is 2. The van der Waals surface area contributed by atoms with E-state index < -0.39 is 11.9 Å². The lowest BCUT2D eigenvalue weighted by Crippen LogP contribution is -2.49. The summed E-state index contributed by atoms with van der Waals surface area (Å²) in [6.45, 7) is 5.28. The number of fused-ring (bicyclic) bond motifs is 6. The van der Waals surface area contributed by atoms with Crippen LogP contribution in [0.1, 0.15) is 52.1 Å². The first kappa shape index (κ1) is 28.9. The number of pyridine rings is 1. The van der Waals surface area contributed by atoms with Gasteiger partial charge in [0.2, 0.25) is 5.91 Å². The van der Waals surface area contributed by atoms with Gasteiger partial charge in [-0.25, -0.2) is 0 Å². The molecule has 2 aliphatic heterocycles.